The van der Waals surface area contributed by atoms with E-state index in [2.05, 4.69) is 4.72 Å². The molecule has 0 spiro atoms. The minimum Gasteiger partial charge on any atom is -0.339 e. The molecule has 2 amide bonds. The molecule has 1 aliphatic heterocycles. The molecule has 7 nitrogen and oxygen atoms in total. The second-order valence-electron chi connectivity index (χ2n) is 8.83. The van der Waals surface area contributed by atoms with Gasteiger partial charge in [0.2, 0.25) is 21.8 Å². The highest BCUT2D eigenvalue weighted by atomic mass is 32.2. The van der Waals surface area contributed by atoms with Gasteiger partial charge in [0, 0.05) is 32.6 Å². The largest absolute Gasteiger partial charge is 0.339 e. The van der Waals surface area contributed by atoms with Crippen molar-refractivity contribution in [3.05, 3.63) is 29.8 Å². The van der Waals surface area contributed by atoms with Crippen LogP contribution in [0.3, 0.4) is 0 Å². The molecule has 0 radical (unpaired) electrons. The Morgan fingerprint density at radius 1 is 1.06 bits per heavy atom. The maximum Gasteiger partial charge on any atom is 0.241 e. The molecule has 1 saturated heterocycles. The van der Waals surface area contributed by atoms with Gasteiger partial charge in [-0.2, -0.15) is 16.5 Å². The van der Waals surface area contributed by atoms with Crippen LogP contribution in [0.15, 0.2) is 29.2 Å². The molecule has 1 aromatic carbocycles. The average Bonchev–Trinajstić information content (AvgIpc) is 3.29. The van der Waals surface area contributed by atoms with E-state index in [1.807, 2.05) is 18.1 Å². The average molecular weight is 482 g/mol. The van der Waals surface area contributed by atoms with E-state index in [0.29, 0.717) is 50.7 Å². The fourth-order valence-corrected chi connectivity index (χ4v) is 6.12. The van der Waals surface area contributed by atoms with Gasteiger partial charge < -0.3 is 9.80 Å². The van der Waals surface area contributed by atoms with Crippen LogP contribution in [0.5, 0.6) is 0 Å². The van der Waals surface area contributed by atoms with Crippen LogP contribution in [0.2, 0.25) is 0 Å². The van der Waals surface area contributed by atoms with Crippen molar-refractivity contribution in [3.8, 4) is 0 Å². The molecule has 0 aromatic heterocycles. The summed E-state index contributed by atoms with van der Waals surface area (Å²) in [6.07, 6.45) is 7.69. The SMILES string of the molecule is CSCCC(NS(=O)(=O)c1ccc(C)cc1)C(=O)N1CCN(C(=O)CC2CCCC2)CC1. The molecule has 178 valence electrons. The third kappa shape index (κ3) is 6.71. The lowest BCUT2D eigenvalue weighted by molar-refractivity contribution is -0.141. The topological polar surface area (TPSA) is 86.8 Å². The summed E-state index contributed by atoms with van der Waals surface area (Å²) in [5, 5.41) is 0. The minimum atomic E-state index is -3.80. The van der Waals surface area contributed by atoms with Gasteiger partial charge in [0.05, 0.1) is 4.90 Å². The number of carbonyl (C=O) groups excluding carboxylic acids is 2. The lowest BCUT2D eigenvalue weighted by atomic mass is 10.0. The van der Waals surface area contributed by atoms with Gasteiger partial charge >= 0.3 is 0 Å². The van der Waals surface area contributed by atoms with Crippen molar-refractivity contribution >= 4 is 33.6 Å². The Morgan fingerprint density at radius 3 is 2.25 bits per heavy atom. The Kier molecular flexibility index (Phi) is 9.02. The monoisotopic (exact) mass is 481 g/mol. The summed E-state index contributed by atoms with van der Waals surface area (Å²) in [7, 11) is -3.80. The number of piperazine rings is 1. The Hall–Kier alpha value is -1.58. The lowest BCUT2D eigenvalue weighted by Crippen LogP contribution is -2.56. The second kappa shape index (κ2) is 11.5. The summed E-state index contributed by atoms with van der Waals surface area (Å²) >= 11 is 1.58. The standard InChI is InChI=1S/C23H35N3O4S2/c1-18-7-9-20(10-8-18)32(29,30)24-21(11-16-31-2)23(28)26-14-12-25(13-15-26)22(27)17-19-5-3-4-6-19/h7-10,19,21,24H,3-6,11-17H2,1-2H3. The van der Waals surface area contributed by atoms with E-state index in [1.54, 1.807) is 40.9 Å². The summed E-state index contributed by atoms with van der Waals surface area (Å²) < 4.78 is 28.4. The van der Waals surface area contributed by atoms with Crippen LogP contribution in [-0.2, 0) is 19.6 Å². The van der Waals surface area contributed by atoms with Gasteiger partial charge in [-0.25, -0.2) is 8.42 Å². The quantitative estimate of drug-likeness (QED) is 0.586. The number of carbonyl (C=O) groups is 2. The smallest absolute Gasteiger partial charge is 0.241 e. The fourth-order valence-electron chi connectivity index (χ4n) is 4.43. The molecule has 1 heterocycles. The van der Waals surface area contributed by atoms with Crippen molar-refractivity contribution in [2.75, 3.05) is 38.2 Å². The summed E-state index contributed by atoms with van der Waals surface area (Å²) in [5.41, 5.74) is 0.972. The number of hydrogen-bond acceptors (Lipinski definition) is 5. The van der Waals surface area contributed by atoms with Gasteiger partial charge in [0.25, 0.3) is 0 Å². The number of nitrogens with one attached hydrogen (secondary N) is 1. The van der Waals surface area contributed by atoms with Crippen molar-refractivity contribution in [1.29, 1.82) is 0 Å². The van der Waals surface area contributed by atoms with Gasteiger partial charge in [-0.15, -0.1) is 0 Å². The maximum atomic E-state index is 13.2. The molecular formula is C23H35N3O4S2. The first-order valence-corrected chi connectivity index (χ1v) is 14.3. The van der Waals surface area contributed by atoms with Crippen LogP contribution in [0.4, 0.5) is 0 Å². The second-order valence-corrected chi connectivity index (χ2v) is 11.5. The fraction of sp³-hybridized carbons (Fsp3) is 0.652. The molecule has 1 unspecified atom stereocenters. The molecule has 2 aliphatic rings. The molecule has 0 bridgehead atoms. The van der Waals surface area contributed by atoms with Crippen molar-refractivity contribution in [1.82, 2.24) is 14.5 Å². The Morgan fingerprint density at radius 2 is 1.66 bits per heavy atom. The molecular weight excluding hydrogens is 446 g/mol. The molecule has 3 rings (SSSR count). The minimum absolute atomic E-state index is 0.160. The summed E-state index contributed by atoms with van der Waals surface area (Å²) in [6.45, 7) is 3.80. The van der Waals surface area contributed by atoms with Crippen LogP contribution >= 0.6 is 11.8 Å². The van der Waals surface area contributed by atoms with Crippen LogP contribution in [0, 0.1) is 12.8 Å². The zero-order chi connectivity index (χ0) is 23.1. The van der Waals surface area contributed by atoms with Gasteiger partial charge in [0.15, 0.2) is 0 Å². The van der Waals surface area contributed by atoms with E-state index in [0.717, 1.165) is 18.4 Å². The Balaban J connectivity index is 1.59. The van der Waals surface area contributed by atoms with Crippen LogP contribution < -0.4 is 4.72 Å². The van der Waals surface area contributed by atoms with Gasteiger partial charge in [0.1, 0.15) is 6.04 Å². The van der Waals surface area contributed by atoms with Crippen molar-refractivity contribution < 1.29 is 18.0 Å². The van der Waals surface area contributed by atoms with E-state index < -0.39 is 16.1 Å². The normalized spacial score (nSPS) is 18.7. The maximum absolute atomic E-state index is 13.2. The van der Waals surface area contributed by atoms with E-state index in [-0.39, 0.29) is 16.7 Å². The number of hydrogen-bond donors (Lipinski definition) is 1. The highest BCUT2D eigenvalue weighted by Crippen LogP contribution is 2.28. The highest BCUT2D eigenvalue weighted by molar-refractivity contribution is 7.98. The Labute approximate surface area is 196 Å². The predicted octanol–water partition coefficient (Wildman–Crippen LogP) is 2.65. The van der Waals surface area contributed by atoms with Crippen molar-refractivity contribution in [3.63, 3.8) is 0 Å². The van der Waals surface area contributed by atoms with Gasteiger partial charge in [-0.05, 0) is 56.2 Å². The number of sulfonamides is 1. The predicted molar refractivity (Wildman–Crippen MR) is 128 cm³/mol. The molecule has 1 saturated carbocycles. The molecule has 1 aromatic rings. The summed E-state index contributed by atoms with van der Waals surface area (Å²) in [5.74, 6) is 1.15. The highest BCUT2D eigenvalue weighted by Gasteiger charge is 2.32. The third-order valence-corrected chi connectivity index (χ3v) is 8.55. The molecule has 9 heteroatoms. The number of benzene rings is 1. The lowest BCUT2D eigenvalue weighted by Gasteiger charge is -2.37. The third-order valence-electron chi connectivity index (χ3n) is 6.42. The van der Waals surface area contributed by atoms with Crippen molar-refractivity contribution in [2.45, 2.75) is 56.4 Å². The zero-order valence-corrected chi connectivity index (χ0v) is 20.7. The molecule has 2 fully saturated rings. The van der Waals surface area contributed by atoms with E-state index in [1.165, 1.54) is 12.8 Å². The zero-order valence-electron chi connectivity index (χ0n) is 19.1. The number of nitrogens with zero attached hydrogens (tertiary/aromatic N) is 2. The first kappa shape index (κ1) is 25.1. The molecule has 32 heavy (non-hydrogen) atoms. The number of rotatable bonds is 9. The van der Waals surface area contributed by atoms with Crippen LogP contribution in [-0.4, -0.2) is 74.3 Å². The summed E-state index contributed by atoms with van der Waals surface area (Å²) in [4.78, 5) is 29.5. The van der Waals surface area contributed by atoms with Gasteiger partial charge in [-0.1, -0.05) is 30.5 Å². The number of aryl methyl sites for hydroxylation is 1. The first-order chi connectivity index (χ1) is 15.3. The molecule has 1 aliphatic carbocycles. The van der Waals surface area contributed by atoms with E-state index in [9.17, 15) is 18.0 Å². The first-order valence-electron chi connectivity index (χ1n) is 11.4. The number of thioether (sulfide) groups is 1. The number of amides is 2. The molecule has 1 N–H and O–H groups in total. The summed E-state index contributed by atoms with van der Waals surface area (Å²) in [6, 6.07) is 5.80. The molecule has 1 atom stereocenters. The van der Waals surface area contributed by atoms with Gasteiger partial charge in [-0.3, -0.25) is 9.59 Å². The Bertz CT molecular complexity index is 875. The van der Waals surface area contributed by atoms with Crippen LogP contribution in [0.25, 0.3) is 0 Å². The van der Waals surface area contributed by atoms with Crippen molar-refractivity contribution in [2.24, 2.45) is 5.92 Å². The van der Waals surface area contributed by atoms with Crippen LogP contribution in [0.1, 0.15) is 44.1 Å². The van der Waals surface area contributed by atoms with E-state index >= 15 is 0 Å². The van der Waals surface area contributed by atoms with E-state index in [4.69, 9.17) is 0 Å².